The molecular formula is C15H18O4. The van der Waals surface area contributed by atoms with Gasteiger partial charge < -0.3 is 9.47 Å². The zero-order valence-electron chi connectivity index (χ0n) is 11.4. The predicted octanol–water partition coefficient (Wildman–Crippen LogP) is 2.25. The lowest BCUT2D eigenvalue weighted by molar-refractivity contribution is -0.147. The number of ketones is 1. The van der Waals surface area contributed by atoms with Gasteiger partial charge in [-0.05, 0) is 18.4 Å². The molecule has 1 unspecified atom stereocenters. The molecule has 1 aromatic rings. The van der Waals surface area contributed by atoms with Gasteiger partial charge in [-0.2, -0.15) is 0 Å². The van der Waals surface area contributed by atoms with Crippen LogP contribution in [0.3, 0.4) is 0 Å². The third-order valence-electron chi connectivity index (χ3n) is 3.19. The lowest BCUT2D eigenvalue weighted by Gasteiger charge is -2.10. The van der Waals surface area contributed by atoms with Crippen LogP contribution in [0.5, 0.6) is 5.75 Å². The molecule has 0 aliphatic heterocycles. The Bertz CT molecular complexity index is 505. The highest BCUT2D eigenvalue weighted by Gasteiger charge is 2.38. The minimum Gasteiger partial charge on any atom is -0.496 e. The number of carbonyl (C=O) groups is 2. The molecule has 0 saturated heterocycles. The first-order valence-electron chi connectivity index (χ1n) is 6.41. The van der Waals surface area contributed by atoms with Crippen molar-refractivity contribution in [2.24, 2.45) is 11.8 Å². The summed E-state index contributed by atoms with van der Waals surface area (Å²) < 4.78 is 10.4. The van der Waals surface area contributed by atoms with E-state index in [4.69, 9.17) is 9.47 Å². The zero-order chi connectivity index (χ0) is 14.0. The number of rotatable bonds is 4. The molecular weight excluding hydrogens is 244 g/mol. The molecule has 102 valence electrons. The molecule has 2 rings (SSSR count). The Labute approximate surface area is 112 Å². The van der Waals surface area contributed by atoms with Crippen LogP contribution >= 0.6 is 0 Å². The van der Waals surface area contributed by atoms with Crippen LogP contribution in [0.1, 0.15) is 29.8 Å². The fraction of sp³-hybridized carbons (Fsp3) is 0.467. The van der Waals surface area contributed by atoms with E-state index in [-0.39, 0.29) is 11.7 Å². The molecule has 1 aromatic carbocycles. The lowest BCUT2D eigenvalue weighted by Crippen LogP contribution is -2.24. The van der Waals surface area contributed by atoms with Gasteiger partial charge in [-0.1, -0.05) is 26.0 Å². The highest BCUT2D eigenvalue weighted by molar-refractivity contribution is 6.12. The van der Waals surface area contributed by atoms with E-state index in [1.165, 1.54) is 0 Å². The average molecular weight is 262 g/mol. The Hall–Kier alpha value is -1.84. The second kappa shape index (κ2) is 5.43. The van der Waals surface area contributed by atoms with Crippen LogP contribution in [0, 0.1) is 11.8 Å². The Morgan fingerprint density at radius 3 is 2.79 bits per heavy atom. The third kappa shape index (κ3) is 2.62. The summed E-state index contributed by atoms with van der Waals surface area (Å²) in [6.07, 6.45) is 0.370. The minimum absolute atomic E-state index is 0.164. The summed E-state index contributed by atoms with van der Waals surface area (Å²) in [5.41, 5.74) is 1.38. The van der Waals surface area contributed by atoms with Crippen molar-refractivity contribution < 1.29 is 19.1 Å². The van der Waals surface area contributed by atoms with Crippen LogP contribution in [-0.4, -0.2) is 25.5 Å². The van der Waals surface area contributed by atoms with Crippen molar-refractivity contribution >= 4 is 11.8 Å². The van der Waals surface area contributed by atoms with E-state index in [2.05, 4.69) is 0 Å². The maximum Gasteiger partial charge on any atom is 0.317 e. The number of ether oxygens (including phenoxy) is 2. The van der Waals surface area contributed by atoms with E-state index < -0.39 is 11.9 Å². The number of Topliss-reactive ketones (excluding diaryl/α,β-unsaturated/α-hetero) is 1. The molecule has 0 radical (unpaired) electrons. The second-order valence-electron chi connectivity index (χ2n) is 5.13. The molecule has 0 N–H and O–H groups in total. The summed E-state index contributed by atoms with van der Waals surface area (Å²) in [5.74, 6) is -0.396. The highest BCUT2D eigenvalue weighted by atomic mass is 16.5. The number of hydrogen-bond acceptors (Lipinski definition) is 4. The van der Waals surface area contributed by atoms with Crippen molar-refractivity contribution in [3.8, 4) is 5.75 Å². The monoisotopic (exact) mass is 262 g/mol. The average Bonchev–Trinajstić information content (AvgIpc) is 2.73. The number of carbonyl (C=O) groups excluding carboxylic acids is 2. The van der Waals surface area contributed by atoms with Crippen molar-refractivity contribution in [3.05, 3.63) is 29.3 Å². The van der Waals surface area contributed by atoms with Gasteiger partial charge in [-0.25, -0.2) is 0 Å². The van der Waals surface area contributed by atoms with E-state index in [0.29, 0.717) is 24.3 Å². The van der Waals surface area contributed by atoms with Gasteiger partial charge in [0.05, 0.1) is 13.7 Å². The largest absolute Gasteiger partial charge is 0.496 e. The van der Waals surface area contributed by atoms with E-state index in [9.17, 15) is 9.59 Å². The quantitative estimate of drug-likeness (QED) is 0.617. The fourth-order valence-electron chi connectivity index (χ4n) is 2.22. The number of esters is 1. The fourth-order valence-corrected chi connectivity index (χ4v) is 2.22. The predicted molar refractivity (Wildman–Crippen MR) is 70.3 cm³/mol. The van der Waals surface area contributed by atoms with Gasteiger partial charge in [0.25, 0.3) is 0 Å². The molecule has 1 aliphatic carbocycles. The Morgan fingerprint density at radius 2 is 2.16 bits per heavy atom. The maximum absolute atomic E-state index is 12.2. The van der Waals surface area contributed by atoms with E-state index in [1.807, 2.05) is 13.8 Å². The molecule has 4 nitrogen and oxygen atoms in total. The summed E-state index contributed by atoms with van der Waals surface area (Å²) >= 11 is 0. The van der Waals surface area contributed by atoms with Crippen molar-refractivity contribution in [1.82, 2.24) is 0 Å². The van der Waals surface area contributed by atoms with Gasteiger partial charge in [-0.15, -0.1) is 0 Å². The normalized spacial score (nSPS) is 17.5. The molecule has 0 heterocycles. The first-order valence-corrected chi connectivity index (χ1v) is 6.41. The van der Waals surface area contributed by atoms with Gasteiger partial charge in [0, 0.05) is 11.1 Å². The van der Waals surface area contributed by atoms with Gasteiger partial charge in [0.15, 0.2) is 5.78 Å². The van der Waals surface area contributed by atoms with Gasteiger partial charge in [-0.3, -0.25) is 9.59 Å². The van der Waals surface area contributed by atoms with Crippen molar-refractivity contribution in [2.75, 3.05) is 13.7 Å². The van der Waals surface area contributed by atoms with Crippen LogP contribution in [-0.2, 0) is 16.0 Å². The molecule has 0 amide bonds. The lowest BCUT2D eigenvalue weighted by atomic mass is 10.1. The standard InChI is InChI=1S/C15H18O4/c1-9(2)8-19-15(17)12-7-11-10(14(12)16)5-4-6-13(11)18-3/h4-6,9,12H,7-8H2,1-3H3. The second-order valence-corrected chi connectivity index (χ2v) is 5.13. The number of fused-ring (bicyclic) bond motifs is 1. The van der Waals surface area contributed by atoms with Crippen molar-refractivity contribution in [2.45, 2.75) is 20.3 Å². The molecule has 0 saturated carbocycles. The number of methoxy groups -OCH3 is 1. The van der Waals surface area contributed by atoms with Crippen molar-refractivity contribution in [1.29, 1.82) is 0 Å². The summed E-state index contributed by atoms with van der Waals surface area (Å²) in [5, 5.41) is 0. The molecule has 0 bridgehead atoms. The smallest absolute Gasteiger partial charge is 0.317 e. The summed E-state index contributed by atoms with van der Waals surface area (Å²) in [6.45, 7) is 4.26. The SMILES string of the molecule is COc1cccc2c1CC(C(=O)OCC(C)C)C2=O. The van der Waals surface area contributed by atoms with Gasteiger partial charge in [0.2, 0.25) is 0 Å². The highest BCUT2D eigenvalue weighted by Crippen LogP contribution is 2.34. The Morgan fingerprint density at radius 1 is 1.42 bits per heavy atom. The van der Waals surface area contributed by atoms with Gasteiger partial charge >= 0.3 is 5.97 Å². The summed E-state index contributed by atoms with van der Waals surface area (Å²) in [4.78, 5) is 24.1. The van der Waals surface area contributed by atoms with Crippen LogP contribution in [0.2, 0.25) is 0 Å². The molecule has 4 heteroatoms. The molecule has 0 fully saturated rings. The maximum atomic E-state index is 12.2. The third-order valence-corrected chi connectivity index (χ3v) is 3.19. The topological polar surface area (TPSA) is 52.6 Å². The molecule has 1 atom stereocenters. The number of benzene rings is 1. The Balaban J connectivity index is 2.16. The first kappa shape index (κ1) is 13.6. The van der Waals surface area contributed by atoms with E-state index in [0.717, 1.165) is 5.56 Å². The van der Waals surface area contributed by atoms with Crippen LogP contribution in [0.15, 0.2) is 18.2 Å². The molecule has 0 spiro atoms. The molecule has 0 aromatic heterocycles. The first-order chi connectivity index (χ1) is 9.04. The minimum atomic E-state index is -0.718. The van der Waals surface area contributed by atoms with E-state index >= 15 is 0 Å². The van der Waals surface area contributed by atoms with Crippen LogP contribution in [0.25, 0.3) is 0 Å². The van der Waals surface area contributed by atoms with Crippen LogP contribution in [0.4, 0.5) is 0 Å². The summed E-state index contributed by atoms with van der Waals surface area (Å²) in [6, 6.07) is 5.29. The van der Waals surface area contributed by atoms with Crippen molar-refractivity contribution in [3.63, 3.8) is 0 Å². The van der Waals surface area contributed by atoms with Crippen LogP contribution < -0.4 is 4.74 Å². The molecule has 19 heavy (non-hydrogen) atoms. The van der Waals surface area contributed by atoms with Gasteiger partial charge in [0.1, 0.15) is 11.7 Å². The summed E-state index contributed by atoms with van der Waals surface area (Å²) in [7, 11) is 1.56. The number of hydrogen-bond donors (Lipinski definition) is 0. The molecule has 1 aliphatic rings. The Kier molecular flexibility index (Phi) is 3.88. The van der Waals surface area contributed by atoms with E-state index in [1.54, 1.807) is 25.3 Å². The zero-order valence-corrected chi connectivity index (χ0v) is 11.4.